The SMILES string of the molecule is COC(=O)c1ccc(C(=O)N2CCC(c3ccc(NC(=O)c4ncccc4-c4ccccc4)cc3)CC2)cn1. The third-order valence-electron chi connectivity index (χ3n) is 6.93. The number of hydrogen-bond acceptors (Lipinski definition) is 6. The van der Waals surface area contributed by atoms with E-state index in [0.717, 1.165) is 24.0 Å². The summed E-state index contributed by atoms with van der Waals surface area (Å²) in [5, 5.41) is 2.96. The number of amides is 2. The minimum absolute atomic E-state index is 0.0974. The fraction of sp³-hybridized carbons (Fsp3) is 0.194. The van der Waals surface area contributed by atoms with Crippen LogP contribution in [0.15, 0.2) is 91.3 Å². The maximum Gasteiger partial charge on any atom is 0.356 e. The number of hydrogen-bond donors (Lipinski definition) is 1. The number of pyridine rings is 2. The van der Waals surface area contributed by atoms with E-state index in [1.54, 1.807) is 12.3 Å². The van der Waals surface area contributed by atoms with Gasteiger partial charge in [-0.05, 0) is 60.2 Å². The molecule has 0 aliphatic carbocycles. The lowest BCUT2D eigenvalue weighted by atomic mass is 9.89. The topological polar surface area (TPSA) is 101 Å². The van der Waals surface area contributed by atoms with Crippen LogP contribution < -0.4 is 5.32 Å². The second-order valence-corrected chi connectivity index (χ2v) is 9.33. The molecule has 8 nitrogen and oxygen atoms in total. The van der Waals surface area contributed by atoms with Gasteiger partial charge in [0, 0.05) is 36.7 Å². The number of piperidine rings is 1. The second kappa shape index (κ2) is 11.7. The van der Waals surface area contributed by atoms with E-state index < -0.39 is 5.97 Å². The van der Waals surface area contributed by atoms with Crippen LogP contribution in [-0.4, -0.2) is 52.9 Å². The number of benzene rings is 2. The van der Waals surface area contributed by atoms with Gasteiger partial charge in [-0.15, -0.1) is 0 Å². The molecular formula is C31H28N4O4. The minimum atomic E-state index is -0.533. The highest BCUT2D eigenvalue weighted by molar-refractivity contribution is 6.07. The highest BCUT2D eigenvalue weighted by Gasteiger charge is 2.25. The van der Waals surface area contributed by atoms with Crippen LogP contribution in [0, 0.1) is 0 Å². The fourth-order valence-electron chi connectivity index (χ4n) is 4.81. The lowest BCUT2D eigenvalue weighted by Gasteiger charge is -2.32. The number of likely N-dealkylation sites (tertiary alicyclic amines) is 1. The molecule has 2 aromatic heterocycles. The predicted molar refractivity (Wildman–Crippen MR) is 148 cm³/mol. The Kier molecular flexibility index (Phi) is 7.73. The molecule has 39 heavy (non-hydrogen) atoms. The van der Waals surface area contributed by atoms with Crippen molar-refractivity contribution >= 4 is 23.5 Å². The fourth-order valence-corrected chi connectivity index (χ4v) is 4.81. The average Bonchev–Trinajstić information content (AvgIpc) is 3.01. The summed E-state index contributed by atoms with van der Waals surface area (Å²) >= 11 is 0. The van der Waals surface area contributed by atoms with Crippen LogP contribution in [0.25, 0.3) is 11.1 Å². The molecule has 196 valence electrons. The molecule has 1 aliphatic heterocycles. The van der Waals surface area contributed by atoms with Crippen molar-refractivity contribution < 1.29 is 19.1 Å². The summed E-state index contributed by atoms with van der Waals surface area (Å²) < 4.78 is 4.65. The van der Waals surface area contributed by atoms with E-state index in [9.17, 15) is 14.4 Å². The Hall–Kier alpha value is -4.85. The number of carbonyl (C=O) groups is 3. The zero-order valence-corrected chi connectivity index (χ0v) is 21.5. The predicted octanol–water partition coefficient (Wildman–Crippen LogP) is 5.20. The summed E-state index contributed by atoms with van der Waals surface area (Å²) in [5.41, 5.74) is 4.58. The maximum absolute atomic E-state index is 13.0. The number of nitrogens with zero attached hydrogens (tertiary/aromatic N) is 3. The molecule has 0 atom stereocenters. The quantitative estimate of drug-likeness (QED) is 0.351. The van der Waals surface area contributed by atoms with Crippen molar-refractivity contribution in [3.05, 3.63) is 114 Å². The van der Waals surface area contributed by atoms with Gasteiger partial charge in [0.1, 0.15) is 11.4 Å². The largest absolute Gasteiger partial charge is 0.464 e. The zero-order chi connectivity index (χ0) is 27.2. The van der Waals surface area contributed by atoms with E-state index >= 15 is 0 Å². The first-order chi connectivity index (χ1) is 19.0. The number of carbonyl (C=O) groups excluding carboxylic acids is 3. The lowest BCUT2D eigenvalue weighted by molar-refractivity contribution is 0.0592. The number of nitrogens with one attached hydrogen (secondary N) is 1. The first-order valence-electron chi connectivity index (χ1n) is 12.8. The van der Waals surface area contributed by atoms with Gasteiger partial charge in [0.2, 0.25) is 0 Å². The Morgan fingerprint density at radius 3 is 2.28 bits per heavy atom. The highest BCUT2D eigenvalue weighted by atomic mass is 16.5. The molecule has 2 aromatic carbocycles. The third-order valence-corrected chi connectivity index (χ3v) is 6.93. The normalized spacial score (nSPS) is 13.5. The number of rotatable bonds is 6. The van der Waals surface area contributed by atoms with Crippen molar-refractivity contribution in [2.75, 3.05) is 25.5 Å². The summed E-state index contributed by atoms with van der Waals surface area (Å²) in [6.07, 6.45) is 4.70. The molecule has 5 rings (SSSR count). The molecule has 0 radical (unpaired) electrons. The van der Waals surface area contributed by atoms with Crippen LogP contribution in [0.4, 0.5) is 5.69 Å². The zero-order valence-electron chi connectivity index (χ0n) is 21.5. The number of esters is 1. The smallest absolute Gasteiger partial charge is 0.356 e. The van der Waals surface area contributed by atoms with Crippen molar-refractivity contribution in [1.82, 2.24) is 14.9 Å². The van der Waals surface area contributed by atoms with Gasteiger partial charge in [-0.25, -0.2) is 9.78 Å². The first-order valence-corrected chi connectivity index (χ1v) is 12.8. The molecule has 0 spiro atoms. The van der Waals surface area contributed by atoms with Crippen molar-refractivity contribution in [2.45, 2.75) is 18.8 Å². The van der Waals surface area contributed by atoms with Gasteiger partial charge in [-0.1, -0.05) is 48.5 Å². The Bertz CT molecular complexity index is 1460. The van der Waals surface area contributed by atoms with Crippen LogP contribution in [0.1, 0.15) is 55.7 Å². The van der Waals surface area contributed by atoms with E-state index in [4.69, 9.17) is 0 Å². The molecule has 1 saturated heterocycles. The lowest BCUT2D eigenvalue weighted by Crippen LogP contribution is -2.38. The number of ether oxygens (including phenoxy) is 1. The van der Waals surface area contributed by atoms with E-state index in [2.05, 4.69) is 20.0 Å². The monoisotopic (exact) mass is 520 g/mol. The molecule has 1 N–H and O–H groups in total. The third kappa shape index (κ3) is 5.85. The number of aromatic nitrogens is 2. The summed E-state index contributed by atoms with van der Waals surface area (Å²) in [5.74, 6) is -0.573. The molecule has 2 amide bonds. The van der Waals surface area contributed by atoms with Crippen LogP contribution in [0.3, 0.4) is 0 Å². The summed E-state index contributed by atoms with van der Waals surface area (Å²) in [7, 11) is 1.29. The number of methoxy groups -OCH3 is 1. The van der Waals surface area contributed by atoms with Crippen LogP contribution in [0.2, 0.25) is 0 Å². The highest BCUT2D eigenvalue weighted by Crippen LogP contribution is 2.30. The average molecular weight is 521 g/mol. The molecule has 8 heteroatoms. The van der Waals surface area contributed by atoms with Gasteiger partial charge >= 0.3 is 5.97 Å². The molecule has 0 bridgehead atoms. The standard InChI is InChI=1S/C31H28N4O4/c1-39-31(38)27-14-11-24(20-33-27)30(37)35-18-15-22(16-19-35)21-9-12-25(13-10-21)34-29(36)28-26(8-5-17-32-28)23-6-3-2-4-7-23/h2-14,17,20,22H,15-16,18-19H2,1H3,(H,34,36). The van der Waals surface area contributed by atoms with Gasteiger partial charge in [-0.3, -0.25) is 14.6 Å². The van der Waals surface area contributed by atoms with E-state index in [-0.39, 0.29) is 17.5 Å². The Labute approximate surface area is 226 Å². The van der Waals surface area contributed by atoms with Crippen molar-refractivity contribution in [3.8, 4) is 11.1 Å². The van der Waals surface area contributed by atoms with E-state index in [1.165, 1.54) is 24.9 Å². The van der Waals surface area contributed by atoms with Crippen molar-refractivity contribution in [3.63, 3.8) is 0 Å². The van der Waals surface area contributed by atoms with Crippen LogP contribution in [-0.2, 0) is 4.74 Å². The molecule has 0 unspecified atom stereocenters. The van der Waals surface area contributed by atoms with E-state index in [0.29, 0.717) is 36.0 Å². The maximum atomic E-state index is 13.0. The second-order valence-electron chi connectivity index (χ2n) is 9.33. The first kappa shape index (κ1) is 25.8. The van der Waals surface area contributed by atoms with Crippen molar-refractivity contribution in [2.24, 2.45) is 0 Å². The van der Waals surface area contributed by atoms with E-state index in [1.807, 2.05) is 71.6 Å². The van der Waals surface area contributed by atoms with Crippen LogP contribution >= 0.6 is 0 Å². The Morgan fingerprint density at radius 1 is 0.872 bits per heavy atom. The molecule has 4 aromatic rings. The minimum Gasteiger partial charge on any atom is -0.464 e. The molecule has 0 saturated carbocycles. The summed E-state index contributed by atoms with van der Waals surface area (Å²) in [6, 6.07) is 24.4. The van der Waals surface area contributed by atoms with Gasteiger partial charge in [0.15, 0.2) is 0 Å². The molecule has 1 fully saturated rings. The molecular weight excluding hydrogens is 492 g/mol. The van der Waals surface area contributed by atoms with Gasteiger partial charge in [0.05, 0.1) is 12.7 Å². The van der Waals surface area contributed by atoms with Crippen molar-refractivity contribution in [1.29, 1.82) is 0 Å². The summed E-state index contributed by atoms with van der Waals surface area (Å²) in [4.78, 5) is 47.7. The Morgan fingerprint density at radius 2 is 1.62 bits per heavy atom. The van der Waals surface area contributed by atoms with Gasteiger partial charge < -0.3 is 15.0 Å². The molecule has 1 aliphatic rings. The Balaban J connectivity index is 1.18. The van der Waals surface area contributed by atoms with Crippen LogP contribution in [0.5, 0.6) is 0 Å². The number of anilines is 1. The summed E-state index contributed by atoms with van der Waals surface area (Å²) in [6.45, 7) is 1.26. The molecule has 3 heterocycles. The van der Waals surface area contributed by atoms with Gasteiger partial charge in [-0.2, -0.15) is 0 Å². The van der Waals surface area contributed by atoms with Gasteiger partial charge in [0.25, 0.3) is 11.8 Å².